The number of carbonyl (C=O) groups is 2. The molecule has 2 amide bonds. The lowest BCUT2D eigenvalue weighted by Gasteiger charge is -2.12. The number of hydrogen-bond donors (Lipinski definition) is 2. The van der Waals surface area contributed by atoms with Gasteiger partial charge < -0.3 is 15.4 Å². The zero-order valence-electron chi connectivity index (χ0n) is 15.1. The Balaban J connectivity index is 1.74. The summed E-state index contributed by atoms with van der Waals surface area (Å²) in [6, 6.07) is 17.2. The standard InChI is InChI=1S/C21H18ClN3O3/c1-23-20(26)15-6-3-7-16(12-15)21(27)25-19-18(9-4-10-24-19)28-13-14-5-2-8-17(22)11-14/h2-12H,13H2,1H3,(H,23,26)(H,24,25,27). The second-order valence-electron chi connectivity index (χ2n) is 5.88. The number of carbonyl (C=O) groups excluding carboxylic acids is 2. The highest BCUT2D eigenvalue weighted by Crippen LogP contribution is 2.23. The van der Waals surface area contributed by atoms with E-state index in [1.54, 1.807) is 48.7 Å². The number of ether oxygens (including phenoxy) is 1. The van der Waals surface area contributed by atoms with Crippen molar-refractivity contribution in [1.82, 2.24) is 10.3 Å². The van der Waals surface area contributed by atoms with Gasteiger partial charge in [-0.1, -0.05) is 29.8 Å². The molecule has 3 aromatic rings. The number of anilines is 1. The Kier molecular flexibility index (Phi) is 6.24. The van der Waals surface area contributed by atoms with Crippen LogP contribution in [0.1, 0.15) is 26.3 Å². The second-order valence-corrected chi connectivity index (χ2v) is 6.32. The normalized spacial score (nSPS) is 10.2. The average Bonchev–Trinajstić information content (AvgIpc) is 2.72. The quantitative estimate of drug-likeness (QED) is 0.662. The lowest BCUT2D eigenvalue weighted by atomic mass is 10.1. The van der Waals surface area contributed by atoms with Crippen molar-refractivity contribution in [2.45, 2.75) is 6.61 Å². The van der Waals surface area contributed by atoms with Crippen LogP contribution in [0.3, 0.4) is 0 Å². The van der Waals surface area contributed by atoms with Gasteiger partial charge in [-0.2, -0.15) is 0 Å². The van der Waals surface area contributed by atoms with Crippen LogP contribution in [-0.2, 0) is 6.61 Å². The Labute approximate surface area is 167 Å². The molecule has 0 aliphatic heterocycles. The molecule has 1 heterocycles. The van der Waals surface area contributed by atoms with E-state index in [1.807, 2.05) is 12.1 Å². The summed E-state index contributed by atoms with van der Waals surface area (Å²) in [6.07, 6.45) is 1.56. The minimum absolute atomic E-state index is 0.266. The van der Waals surface area contributed by atoms with Gasteiger partial charge in [0.2, 0.25) is 0 Å². The first-order valence-electron chi connectivity index (χ1n) is 8.52. The molecule has 0 fully saturated rings. The number of aromatic nitrogens is 1. The molecule has 2 aromatic carbocycles. The van der Waals surface area contributed by atoms with Gasteiger partial charge in [0.25, 0.3) is 11.8 Å². The maximum atomic E-state index is 12.6. The molecule has 2 N–H and O–H groups in total. The van der Waals surface area contributed by atoms with E-state index in [4.69, 9.17) is 16.3 Å². The summed E-state index contributed by atoms with van der Waals surface area (Å²) < 4.78 is 5.79. The van der Waals surface area contributed by atoms with Crippen LogP contribution in [0, 0.1) is 0 Å². The SMILES string of the molecule is CNC(=O)c1cccc(C(=O)Nc2ncccc2OCc2cccc(Cl)c2)c1. The number of pyridine rings is 1. The lowest BCUT2D eigenvalue weighted by Crippen LogP contribution is -2.19. The van der Waals surface area contributed by atoms with Gasteiger partial charge in [0.1, 0.15) is 6.61 Å². The van der Waals surface area contributed by atoms with Crippen molar-refractivity contribution in [3.05, 3.63) is 88.6 Å². The van der Waals surface area contributed by atoms with Crippen LogP contribution in [-0.4, -0.2) is 23.8 Å². The molecule has 0 unspecified atom stereocenters. The minimum Gasteiger partial charge on any atom is -0.485 e. The summed E-state index contributed by atoms with van der Waals surface area (Å²) in [5, 5.41) is 5.88. The number of amides is 2. The smallest absolute Gasteiger partial charge is 0.256 e. The number of nitrogens with one attached hydrogen (secondary N) is 2. The molecular weight excluding hydrogens is 378 g/mol. The van der Waals surface area contributed by atoms with E-state index < -0.39 is 5.91 Å². The first kappa shape index (κ1) is 19.4. The van der Waals surface area contributed by atoms with E-state index in [-0.39, 0.29) is 12.5 Å². The predicted molar refractivity (Wildman–Crippen MR) is 108 cm³/mol. The maximum Gasteiger partial charge on any atom is 0.256 e. The molecule has 1 aromatic heterocycles. The van der Waals surface area contributed by atoms with E-state index in [0.29, 0.717) is 27.7 Å². The van der Waals surface area contributed by atoms with Crippen LogP contribution in [0.4, 0.5) is 5.82 Å². The van der Waals surface area contributed by atoms with Crippen LogP contribution in [0.5, 0.6) is 5.75 Å². The fraction of sp³-hybridized carbons (Fsp3) is 0.0952. The minimum atomic E-state index is -0.392. The highest BCUT2D eigenvalue weighted by atomic mass is 35.5. The van der Waals surface area contributed by atoms with Crippen molar-refractivity contribution >= 4 is 29.2 Å². The maximum absolute atomic E-state index is 12.6. The van der Waals surface area contributed by atoms with Gasteiger partial charge >= 0.3 is 0 Å². The van der Waals surface area contributed by atoms with Crippen molar-refractivity contribution in [2.75, 3.05) is 12.4 Å². The van der Waals surface area contributed by atoms with E-state index in [2.05, 4.69) is 15.6 Å². The Morgan fingerprint density at radius 2 is 1.75 bits per heavy atom. The zero-order chi connectivity index (χ0) is 19.9. The summed E-state index contributed by atoms with van der Waals surface area (Å²) in [7, 11) is 1.53. The molecule has 6 nitrogen and oxygen atoms in total. The molecule has 0 spiro atoms. The van der Waals surface area contributed by atoms with Crippen molar-refractivity contribution in [3.8, 4) is 5.75 Å². The second kappa shape index (κ2) is 9.01. The van der Waals surface area contributed by atoms with E-state index in [0.717, 1.165) is 5.56 Å². The number of halogens is 1. The lowest BCUT2D eigenvalue weighted by molar-refractivity contribution is 0.0963. The molecule has 0 aliphatic rings. The molecule has 0 bridgehead atoms. The van der Waals surface area contributed by atoms with Crippen LogP contribution in [0.2, 0.25) is 5.02 Å². The van der Waals surface area contributed by atoms with Crippen LogP contribution >= 0.6 is 11.6 Å². The summed E-state index contributed by atoms with van der Waals surface area (Å²) in [4.78, 5) is 28.5. The van der Waals surface area contributed by atoms with Crippen LogP contribution in [0.25, 0.3) is 0 Å². The van der Waals surface area contributed by atoms with Crippen LogP contribution < -0.4 is 15.4 Å². The third-order valence-electron chi connectivity index (χ3n) is 3.90. The van der Waals surface area contributed by atoms with Gasteiger partial charge in [0, 0.05) is 29.4 Å². The fourth-order valence-corrected chi connectivity index (χ4v) is 2.73. The molecule has 0 atom stereocenters. The predicted octanol–water partition coefficient (Wildman–Crippen LogP) is 3.93. The van der Waals surface area contributed by atoms with Crippen LogP contribution in [0.15, 0.2) is 66.9 Å². The summed E-state index contributed by atoms with van der Waals surface area (Å²) in [6.45, 7) is 0.279. The largest absolute Gasteiger partial charge is 0.485 e. The molecule has 28 heavy (non-hydrogen) atoms. The Bertz CT molecular complexity index is 1010. The van der Waals surface area contributed by atoms with Crippen molar-refractivity contribution in [1.29, 1.82) is 0 Å². The monoisotopic (exact) mass is 395 g/mol. The Hall–Kier alpha value is -3.38. The van der Waals surface area contributed by atoms with Crippen molar-refractivity contribution < 1.29 is 14.3 Å². The fourth-order valence-electron chi connectivity index (χ4n) is 2.51. The third kappa shape index (κ3) is 4.86. The number of benzene rings is 2. The van der Waals surface area contributed by atoms with E-state index >= 15 is 0 Å². The first-order chi connectivity index (χ1) is 13.6. The third-order valence-corrected chi connectivity index (χ3v) is 4.14. The van der Waals surface area contributed by atoms with Crippen molar-refractivity contribution in [3.63, 3.8) is 0 Å². The van der Waals surface area contributed by atoms with Gasteiger partial charge in [-0.25, -0.2) is 4.98 Å². The average molecular weight is 396 g/mol. The topological polar surface area (TPSA) is 80.3 Å². The van der Waals surface area contributed by atoms with E-state index in [1.165, 1.54) is 13.1 Å². The number of hydrogen-bond acceptors (Lipinski definition) is 4. The van der Waals surface area contributed by atoms with Gasteiger partial charge in [0.05, 0.1) is 0 Å². The molecular formula is C21H18ClN3O3. The number of rotatable bonds is 6. The molecule has 3 rings (SSSR count). The number of nitrogens with zero attached hydrogens (tertiary/aromatic N) is 1. The van der Waals surface area contributed by atoms with Gasteiger partial charge in [0.15, 0.2) is 11.6 Å². The van der Waals surface area contributed by atoms with Crippen molar-refractivity contribution in [2.24, 2.45) is 0 Å². The molecule has 7 heteroatoms. The molecule has 0 saturated carbocycles. The summed E-state index contributed by atoms with van der Waals surface area (Å²) in [5.74, 6) is 0.0632. The Morgan fingerprint density at radius 3 is 2.50 bits per heavy atom. The molecule has 0 radical (unpaired) electrons. The molecule has 0 aliphatic carbocycles. The van der Waals surface area contributed by atoms with E-state index in [9.17, 15) is 9.59 Å². The molecule has 142 valence electrons. The Morgan fingerprint density at radius 1 is 1.00 bits per heavy atom. The van der Waals surface area contributed by atoms with Gasteiger partial charge in [-0.05, 0) is 48.0 Å². The first-order valence-corrected chi connectivity index (χ1v) is 8.90. The van der Waals surface area contributed by atoms with Gasteiger partial charge in [-0.3, -0.25) is 9.59 Å². The zero-order valence-corrected chi connectivity index (χ0v) is 15.9. The highest BCUT2D eigenvalue weighted by Gasteiger charge is 2.13. The molecule has 0 saturated heterocycles. The summed E-state index contributed by atoms with van der Waals surface area (Å²) in [5.41, 5.74) is 1.63. The summed E-state index contributed by atoms with van der Waals surface area (Å²) >= 11 is 5.99. The highest BCUT2D eigenvalue weighted by molar-refractivity contribution is 6.30. The van der Waals surface area contributed by atoms with Gasteiger partial charge in [-0.15, -0.1) is 0 Å².